The van der Waals surface area contributed by atoms with E-state index in [-0.39, 0.29) is 5.56 Å². The van der Waals surface area contributed by atoms with E-state index < -0.39 is 22.7 Å². The Balaban J connectivity index is 2.52. The van der Waals surface area contributed by atoms with Gasteiger partial charge in [-0.25, -0.2) is 8.78 Å². The van der Waals surface area contributed by atoms with Crippen LogP contribution in [0.5, 0.6) is 0 Å². The third-order valence-electron chi connectivity index (χ3n) is 4.08. The van der Waals surface area contributed by atoms with Crippen LogP contribution in [0.25, 0.3) is 0 Å². The van der Waals surface area contributed by atoms with E-state index in [0.29, 0.717) is 6.42 Å². The maximum atomic E-state index is 13.8. The Morgan fingerprint density at radius 1 is 1.12 bits per heavy atom. The molecule has 1 unspecified atom stereocenters. The predicted octanol–water partition coefficient (Wildman–Crippen LogP) is 3.75. The first-order chi connectivity index (χ1) is 7.87. The maximum Gasteiger partial charge on any atom is 0.129 e. The smallest absolute Gasteiger partial charge is 0.129 e. The summed E-state index contributed by atoms with van der Waals surface area (Å²) in [5, 5.41) is 10.8. The van der Waals surface area contributed by atoms with Gasteiger partial charge in [0, 0.05) is 5.56 Å². The molecule has 1 fully saturated rings. The molecule has 3 heteroatoms. The average molecular weight is 240 g/mol. The number of rotatable bonds is 1. The van der Waals surface area contributed by atoms with E-state index in [2.05, 4.69) is 0 Å². The van der Waals surface area contributed by atoms with Gasteiger partial charge in [-0.3, -0.25) is 0 Å². The Labute approximate surface area is 100 Å². The van der Waals surface area contributed by atoms with Crippen LogP contribution in [-0.2, 0) is 5.60 Å². The molecule has 1 aromatic rings. The van der Waals surface area contributed by atoms with Crippen LogP contribution >= 0.6 is 0 Å². The Morgan fingerprint density at radius 2 is 1.76 bits per heavy atom. The van der Waals surface area contributed by atoms with Crippen LogP contribution in [0, 0.1) is 17.0 Å². The van der Waals surface area contributed by atoms with Gasteiger partial charge in [-0.1, -0.05) is 26.7 Å². The van der Waals surface area contributed by atoms with Crippen molar-refractivity contribution < 1.29 is 13.9 Å². The fourth-order valence-electron chi connectivity index (χ4n) is 2.81. The summed E-state index contributed by atoms with van der Waals surface area (Å²) in [7, 11) is 0. The van der Waals surface area contributed by atoms with Crippen molar-refractivity contribution >= 4 is 0 Å². The molecule has 94 valence electrons. The largest absolute Gasteiger partial charge is 0.384 e. The van der Waals surface area contributed by atoms with E-state index in [1.165, 1.54) is 0 Å². The zero-order chi connectivity index (χ0) is 12.7. The molecule has 1 saturated carbocycles. The van der Waals surface area contributed by atoms with Gasteiger partial charge < -0.3 is 5.11 Å². The lowest BCUT2D eigenvalue weighted by molar-refractivity contribution is -0.106. The van der Waals surface area contributed by atoms with E-state index in [4.69, 9.17) is 0 Å². The van der Waals surface area contributed by atoms with Crippen LogP contribution in [0.2, 0.25) is 0 Å². The van der Waals surface area contributed by atoms with Gasteiger partial charge in [-0.2, -0.15) is 0 Å². The SMILES string of the molecule is CC1(C)CCCCC1(O)c1cc(F)ccc1F. The lowest BCUT2D eigenvalue weighted by Crippen LogP contribution is -2.45. The van der Waals surface area contributed by atoms with Gasteiger partial charge in [0.2, 0.25) is 0 Å². The van der Waals surface area contributed by atoms with Gasteiger partial charge >= 0.3 is 0 Å². The number of hydrogen-bond donors (Lipinski definition) is 1. The second kappa shape index (κ2) is 4.05. The van der Waals surface area contributed by atoms with Crippen LogP contribution < -0.4 is 0 Å². The van der Waals surface area contributed by atoms with Crippen LogP contribution in [-0.4, -0.2) is 5.11 Å². The van der Waals surface area contributed by atoms with E-state index in [1.807, 2.05) is 13.8 Å². The molecule has 1 aliphatic rings. The number of hydrogen-bond acceptors (Lipinski definition) is 1. The van der Waals surface area contributed by atoms with Crippen molar-refractivity contribution in [3.63, 3.8) is 0 Å². The topological polar surface area (TPSA) is 20.2 Å². The number of aliphatic hydroxyl groups is 1. The minimum Gasteiger partial charge on any atom is -0.384 e. The summed E-state index contributed by atoms with van der Waals surface area (Å²) in [6.45, 7) is 3.83. The minimum absolute atomic E-state index is 0.0993. The lowest BCUT2D eigenvalue weighted by Gasteiger charge is -2.47. The highest BCUT2D eigenvalue weighted by atomic mass is 19.1. The number of benzene rings is 1. The first-order valence-electron chi connectivity index (χ1n) is 6.05. The third-order valence-corrected chi connectivity index (χ3v) is 4.08. The standard InChI is InChI=1S/C14H18F2O/c1-13(2)7-3-4-8-14(13,17)11-9-10(15)5-6-12(11)16/h5-6,9,17H,3-4,7-8H2,1-2H3. The Morgan fingerprint density at radius 3 is 2.41 bits per heavy atom. The molecule has 0 amide bonds. The van der Waals surface area contributed by atoms with Crippen molar-refractivity contribution in [3.8, 4) is 0 Å². The Kier molecular flexibility index (Phi) is 2.98. The summed E-state index contributed by atoms with van der Waals surface area (Å²) in [5.41, 5.74) is -1.60. The van der Waals surface area contributed by atoms with Crippen molar-refractivity contribution in [2.24, 2.45) is 5.41 Å². The highest BCUT2D eigenvalue weighted by molar-refractivity contribution is 5.28. The van der Waals surface area contributed by atoms with Gasteiger partial charge in [-0.15, -0.1) is 0 Å². The van der Waals surface area contributed by atoms with Crippen LogP contribution in [0.15, 0.2) is 18.2 Å². The summed E-state index contributed by atoms with van der Waals surface area (Å²) < 4.78 is 27.1. The molecule has 1 N–H and O–H groups in total. The molecule has 0 radical (unpaired) electrons. The normalized spacial score (nSPS) is 28.1. The van der Waals surface area contributed by atoms with Crippen LogP contribution in [0.1, 0.15) is 45.1 Å². The molecular weight excluding hydrogens is 222 g/mol. The van der Waals surface area contributed by atoms with Gasteiger partial charge in [0.1, 0.15) is 11.6 Å². The van der Waals surface area contributed by atoms with E-state index in [1.54, 1.807) is 0 Å². The quantitative estimate of drug-likeness (QED) is 0.792. The highest BCUT2D eigenvalue weighted by Crippen LogP contribution is 2.50. The maximum absolute atomic E-state index is 13.8. The fraction of sp³-hybridized carbons (Fsp3) is 0.571. The van der Waals surface area contributed by atoms with Gasteiger partial charge in [0.15, 0.2) is 0 Å². The molecule has 0 spiro atoms. The molecule has 0 saturated heterocycles. The van der Waals surface area contributed by atoms with Gasteiger partial charge in [0.05, 0.1) is 5.60 Å². The molecule has 0 bridgehead atoms. The second-order valence-electron chi connectivity index (χ2n) is 5.58. The highest BCUT2D eigenvalue weighted by Gasteiger charge is 2.47. The summed E-state index contributed by atoms with van der Waals surface area (Å²) in [5.74, 6) is -1.03. The summed E-state index contributed by atoms with van der Waals surface area (Å²) in [4.78, 5) is 0. The minimum atomic E-state index is -1.27. The van der Waals surface area contributed by atoms with Crippen molar-refractivity contribution in [1.29, 1.82) is 0 Å². The zero-order valence-corrected chi connectivity index (χ0v) is 10.3. The summed E-state index contributed by atoms with van der Waals surface area (Å²) >= 11 is 0. The molecule has 1 nitrogen and oxygen atoms in total. The monoisotopic (exact) mass is 240 g/mol. The van der Waals surface area contributed by atoms with E-state index in [9.17, 15) is 13.9 Å². The van der Waals surface area contributed by atoms with Crippen molar-refractivity contribution in [2.45, 2.75) is 45.1 Å². The lowest BCUT2D eigenvalue weighted by atomic mass is 9.62. The summed E-state index contributed by atoms with van der Waals surface area (Å²) in [6.07, 6.45) is 3.17. The predicted molar refractivity (Wildman–Crippen MR) is 62.5 cm³/mol. The molecule has 0 heterocycles. The number of halogens is 2. The molecule has 2 rings (SSSR count). The average Bonchev–Trinajstić information content (AvgIpc) is 2.26. The Hall–Kier alpha value is -0.960. The van der Waals surface area contributed by atoms with Crippen molar-refractivity contribution in [2.75, 3.05) is 0 Å². The van der Waals surface area contributed by atoms with Crippen molar-refractivity contribution in [3.05, 3.63) is 35.4 Å². The molecule has 1 atom stereocenters. The molecular formula is C14H18F2O. The molecule has 17 heavy (non-hydrogen) atoms. The third kappa shape index (κ3) is 1.97. The second-order valence-corrected chi connectivity index (χ2v) is 5.58. The molecule has 0 aliphatic heterocycles. The molecule has 0 aromatic heterocycles. The van der Waals surface area contributed by atoms with Crippen LogP contribution in [0.3, 0.4) is 0 Å². The first-order valence-corrected chi connectivity index (χ1v) is 6.05. The van der Waals surface area contributed by atoms with Gasteiger partial charge in [0.25, 0.3) is 0 Å². The molecule has 1 aliphatic carbocycles. The zero-order valence-electron chi connectivity index (χ0n) is 10.3. The van der Waals surface area contributed by atoms with Gasteiger partial charge in [-0.05, 0) is 36.5 Å². The van der Waals surface area contributed by atoms with Crippen LogP contribution in [0.4, 0.5) is 8.78 Å². The molecule has 1 aromatic carbocycles. The van der Waals surface area contributed by atoms with E-state index >= 15 is 0 Å². The summed E-state index contributed by atoms with van der Waals surface area (Å²) in [6, 6.07) is 3.30. The first kappa shape index (κ1) is 12.5. The van der Waals surface area contributed by atoms with Crippen molar-refractivity contribution in [1.82, 2.24) is 0 Å². The Bertz CT molecular complexity index is 428. The van der Waals surface area contributed by atoms with E-state index in [0.717, 1.165) is 37.5 Å². The fourth-order valence-corrected chi connectivity index (χ4v) is 2.81.